The lowest BCUT2D eigenvalue weighted by atomic mass is 10.4. The summed E-state index contributed by atoms with van der Waals surface area (Å²) in [4.78, 5) is 21.3. The number of hydrogen-bond acceptors (Lipinski definition) is 3. The highest BCUT2D eigenvalue weighted by atomic mass is 16.4. The van der Waals surface area contributed by atoms with Gasteiger partial charge >= 0.3 is 5.97 Å². The first-order valence-electron chi connectivity index (χ1n) is 4.04. The van der Waals surface area contributed by atoms with Gasteiger partial charge in [0.2, 0.25) is 0 Å². The summed E-state index contributed by atoms with van der Waals surface area (Å²) in [5.41, 5.74) is 0.471. The van der Waals surface area contributed by atoms with E-state index in [-0.39, 0.29) is 12.1 Å². The van der Waals surface area contributed by atoms with Crippen molar-refractivity contribution in [3.8, 4) is 0 Å². The fraction of sp³-hybridized carbons (Fsp3) is 0.222. The molecular formula is C9H10N2O3. The van der Waals surface area contributed by atoms with Crippen molar-refractivity contribution in [2.24, 2.45) is 0 Å². The van der Waals surface area contributed by atoms with E-state index >= 15 is 0 Å². The predicted molar refractivity (Wildman–Crippen MR) is 50.0 cm³/mol. The summed E-state index contributed by atoms with van der Waals surface area (Å²) in [5, 5.41) is 12.3. The van der Waals surface area contributed by atoms with Crippen molar-refractivity contribution in [2.45, 2.75) is 13.5 Å². The Morgan fingerprint density at radius 1 is 1.64 bits per heavy atom. The number of nitrogens with zero attached hydrogens (tertiary/aromatic N) is 2. The summed E-state index contributed by atoms with van der Waals surface area (Å²) in [6.07, 6.45) is 2.35. The second kappa shape index (κ2) is 4.36. The van der Waals surface area contributed by atoms with Gasteiger partial charge in [0.05, 0.1) is 12.2 Å². The van der Waals surface area contributed by atoms with Gasteiger partial charge in [0.15, 0.2) is 0 Å². The number of aryl methyl sites for hydroxylation is 1. The zero-order valence-corrected chi connectivity index (χ0v) is 7.67. The van der Waals surface area contributed by atoms with E-state index < -0.39 is 5.97 Å². The molecule has 0 spiro atoms. The second-order valence-corrected chi connectivity index (χ2v) is 2.74. The maximum atomic E-state index is 11.2. The molecule has 14 heavy (non-hydrogen) atoms. The zero-order valence-electron chi connectivity index (χ0n) is 7.67. The minimum atomic E-state index is -1.04. The van der Waals surface area contributed by atoms with Crippen LogP contribution < -0.4 is 5.56 Å². The zero-order chi connectivity index (χ0) is 10.6. The minimum absolute atomic E-state index is 0.173. The Balaban J connectivity index is 2.81. The average Bonchev–Trinajstić information content (AvgIpc) is 2.10. The summed E-state index contributed by atoms with van der Waals surface area (Å²) >= 11 is 0. The molecule has 0 aliphatic carbocycles. The molecule has 1 heterocycles. The molecule has 0 saturated heterocycles. The van der Waals surface area contributed by atoms with E-state index in [1.165, 1.54) is 16.8 Å². The molecule has 0 aromatic carbocycles. The molecule has 0 unspecified atom stereocenters. The molecule has 0 aliphatic rings. The standard InChI is InChI=1S/C9H10N2O3/c1-7-4-5-8(12)11(10-7)6-2-3-9(13)14/h2-5H,6H2,1H3,(H,13,14). The highest BCUT2D eigenvalue weighted by molar-refractivity contribution is 5.79. The van der Waals surface area contributed by atoms with Crippen LogP contribution in [0.2, 0.25) is 0 Å². The number of aliphatic carboxylic acids is 1. The van der Waals surface area contributed by atoms with Crippen molar-refractivity contribution in [2.75, 3.05) is 0 Å². The average molecular weight is 194 g/mol. The van der Waals surface area contributed by atoms with E-state index in [9.17, 15) is 9.59 Å². The SMILES string of the molecule is Cc1ccc(=O)n(CC=CC(=O)O)n1. The third-order valence-electron chi connectivity index (χ3n) is 1.54. The van der Waals surface area contributed by atoms with Crippen molar-refractivity contribution in [3.05, 3.63) is 40.3 Å². The molecule has 0 aliphatic heterocycles. The summed E-state index contributed by atoms with van der Waals surface area (Å²) in [6, 6.07) is 3.01. The molecular weight excluding hydrogens is 184 g/mol. The normalized spacial score (nSPS) is 10.6. The molecule has 0 atom stereocenters. The number of allylic oxidation sites excluding steroid dienone is 1. The smallest absolute Gasteiger partial charge is 0.328 e. The van der Waals surface area contributed by atoms with Crippen LogP contribution in [0.1, 0.15) is 5.69 Å². The number of hydrogen-bond donors (Lipinski definition) is 1. The van der Waals surface area contributed by atoms with Crippen molar-refractivity contribution < 1.29 is 9.90 Å². The van der Waals surface area contributed by atoms with Crippen molar-refractivity contribution in [3.63, 3.8) is 0 Å². The number of carbonyl (C=O) groups is 1. The van der Waals surface area contributed by atoms with Crippen LogP contribution in [0.4, 0.5) is 0 Å². The Hall–Kier alpha value is -1.91. The van der Waals surface area contributed by atoms with E-state index in [0.29, 0.717) is 5.69 Å². The second-order valence-electron chi connectivity index (χ2n) is 2.74. The highest BCUT2D eigenvalue weighted by Crippen LogP contribution is 1.86. The fourth-order valence-electron chi connectivity index (χ4n) is 0.935. The number of carboxylic acid groups (broad SMARTS) is 1. The first-order valence-corrected chi connectivity index (χ1v) is 4.04. The molecule has 1 aromatic rings. The van der Waals surface area contributed by atoms with Crippen LogP contribution in [-0.4, -0.2) is 20.9 Å². The summed E-state index contributed by atoms with van der Waals surface area (Å²) in [5.74, 6) is -1.04. The molecule has 5 nitrogen and oxygen atoms in total. The Morgan fingerprint density at radius 3 is 3.00 bits per heavy atom. The summed E-state index contributed by atoms with van der Waals surface area (Å²) in [7, 11) is 0. The lowest BCUT2D eigenvalue weighted by molar-refractivity contribution is -0.131. The topological polar surface area (TPSA) is 72.2 Å². The molecule has 0 bridgehead atoms. The van der Waals surface area contributed by atoms with Crippen LogP contribution in [-0.2, 0) is 11.3 Å². The quantitative estimate of drug-likeness (QED) is 0.697. The summed E-state index contributed by atoms with van der Waals surface area (Å²) in [6.45, 7) is 1.93. The molecule has 1 rings (SSSR count). The van der Waals surface area contributed by atoms with Crippen molar-refractivity contribution in [1.82, 2.24) is 9.78 Å². The molecule has 0 saturated carbocycles. The third-order valence-corrected chi connectivity index (χ3v) is 1.54. The fourth-order valence-corrected chi connectivity index (χ4v) is 0.935. The molecule has 74 valence electrons. The van der Waals surface area contributed by atoms with E-state index in [4.69, 9.17) is 5.11 Å². The minimum Gasteiger partial charge on any atom is -0.478 e. The lowest BCUT2D eigenvalue weighted by Crippen LogP contribution is -2.21. The van der Waals surface area contributed by atoms with E-state index in [1.807, 2.05) is 0 Å². The van der Waals surface area contributed by atoms with E-state index in [2.05, 4.69) is 5.10 Å². The lowest BCUT2D eigenvalue weighted by Gasteiger charge is -1.99. The van der Waals surface area contributed by atoms with Gasteiger partial charge in [-0.1, -0.05) is 6.08 Å². The number of rotatable bonds is 3. The van der Waals surface area contributed by atoms with Gasteiger partial charge in [-0.2, -0.15) is 5.10 Å². The van der Waals surface area contributed by atoms with Gasteiger partial charge in [-0.25, -0.2) is 9.48 Å². The summed E-state index contributed by atoms with van der Waals surface area (Å²) < 4.78 is 1.20. The van der Waals surface area contributed by atoms with Crippen LogP contribution >= 0.6 is 0 Å². The van der Waals surface area contributed by atoms with Gasteiger partial charge in [-0.3, -0.25) is 4.79 Å². The largest absolute Gasteiger partial charge is 0.478 e. The molecule has 0 amide bonds. The van der Waals surface area contributed by atoms with Crippen LogP contribution in [0.25, 0.3) is 0 Å². The van der Waals surface area contributed by atoms with Crippen LogP contribution in [0.5, 0.6) is 0 Å². The molecule has 5 heteroatoms. The van der Waals surface area contributed by atoms with Crippen molar-refractivity contribution in [1.29, 1.82) is 0 Å². The Bertz CT molecular complexity index is 420. The molecule has 1 N–H and O–H groups in total. The monoisotopic (exact) mass is 194 g/mol. The molecule has 0 radical (unpaired) electrons. The van der Waals surface area contributed by atoms with E-state index in [1.54, 1.807) is 13.0 Å². The molecule has 1 aromatic heterocycles. The van der Waals surface area contributed by atoms with Crippen molar-refractivity contribution >= 4 is 5.97 Å². The number of carboxylic acids is 1. The van der Waals surface area contributed by atoms with E-state index in [0.717, 1.165) is 6.08 Å². The highest BCUT2D eigenvalue weighted by Gasteiger charge is 1.94. The van der Waals surface area contributed by atoms with Crippen LogP contribution in [0.3, 0.4) is 0 Å². The first-order chi connectivity index (χ1) is 6.59. The number of aromatic nitrogens is 2. The maximum absolute atomic E-state index is 11.2. The van der Waals surface area contributed by atoms with Gasteiger partial charge in [0.1, 0.15) is 0 Å². The Morgan fingerprint density at radius 2 is 2.36 bits per heavy atom. The van der Waals surface area contributed by atoms with Gasteiger partial charge in [0.25, 0.3) is 5.56 Å². The third kappa shape index (κ3) is 2.85. The van der Waals surface area contributed by atoms with Crippen LogP contribution in [0, 0.1) is 6.92 Å². The predicted octanol–water partition coefficient (Wildman–Crippen LogP) is 0.193. The Kier molecular flexibility index (Phi) is 3.17. The first kappa shape index (κ1) is 10.2. The van der Waals surface area contributed by atoms with Gasteiger partial charge in [0, 0.05) is 12.1 Å². The maximum Gasteiger partial charge on any atom is 0.328 e. The van der Waals surface area contributed by atoms with Crippen LogP contribution in [0.15, 0.2) is 29.1 Å². The van der Waals surface area contributed by atoms with Gasteiger partial charge in [-0.05, 0) is 13.0 Å². The Labute approximate surface area is 80.3 Å². The van der Waals surface area contributed by atoms with Gasteiger partial charge in [-0.15, -0.1) is 0 Å². The van der Waals surface area contributed by atoms with Gasteiger partial charge < -0.3 is 5.11 Å². The molecule has 0 fully saturated rings.